The Labute approximate surface area is 144 Å². The van der Waals surface area contributed by atoms with Crippen LogP contribution in [0.25, 0.3) is 0 Å². The molecule has 2 unspecified atom stereocenters. The summed E-state index contributed by atoms with van der Waals surface area (Å²) >= 11 is 0. The van der Waals surface area contributed by atoms with Gasteiger partial charge in [0, 0.05) is 23.8 Å². The van der Waals surface area contributed by atoms with Crippen LogP contribution >= 0.6 is 0 Å². The van der Waals surface area contributed by atoms with E-state index in [9.17, 15) is 0 Å². The summed E-state index contributed by atoms with van der Waals surface area (Å²) in [5.41, 5.74) is 7.27. The van der Waals surface area contributed by atoms with E-state index >= 15 is 0 Å². The van der Waals surface area contributed by atoms with Crippen LogP contribution in [0.5, 0.6) is 5.75 Å². The number of nitrogens with one attached hydrogen (secondary N) is 1. The van der Waals surface area contributed by atoms with Crippen molar-refractivity contribution in [2.75, 3.05) is 19.0 Å². The molecule has 0 heterocycles. The maximum absolute atomic E-state index is 6.17. The quantitative estimate of drug-likeness (QED) is 0.639. The minimum Gasteiger partial charge on any atom is -0.497 e. The van der Waals surface area contributed by atoms with Gasteiger partial charge >= 0.3 is 0 Å². The number of hydrogen-bond donors (Lipinski definition) is 2. The number of nitrogens with zero attached hydrogens (tertiary/aromatic N) is 1. The molecule has 0 aromatic heterocycles. The predicted octanol–water partition coefficient (Wildman–Crippen LogP) is 3.55. The SMILES string of the molecule is CCOC1CC(N=C(N)Nc2cccc(OC)c2)C12CCCCC2. The molecule has 3 rings (SSSR count). The standard InChI is InChI=1S/C19H29N3O2/c1-3-24-17-13-16(19(17)10-5-4-6-11-19)22-18(20)21-14-8-7-9-15(12-14)23-2/h7-9,12,16-17H,3-6,10-11,13H2,1-2H3,(H3,20,21,22). The highest BCUT2D eigenvalue weighted by molar-refractivity contribution is 5.92. The van der Waals surface area contributed by atoms with Gasteiger partial charge in [-0.05, 0) is 38.3 Å². The number of hydrogen-bond acceptors (Lipinski definition) is 3. The molecule has 1 aromatic carbocycles. The van der Waals surface area contributed by atoms with Gasteiger partial charge in [0.25, 0.3) is 0 Å². The van der Waals surface area contributed by atoms with Gasteiger partial charge in [0.1, 0.15) is 5.75 Å². The largest absolute Gasteiger partial charge is 0.497 e. The molecule has 1 spiro atoms. The maximum Gasteiger partial charge on any atom is 0.193 e. The second-order valence-electron chi connectivity index (χ2n) is 6.86. The highest BCUT2D eigenvalue weighted by atomic mass is 16.5. The molecular formula is C19H29N3O2. The molecule has 2 saturated carbocycles. The smallest absolute Gasteiger partial charge is 0.193 e. The monoisotopic (exact) mass is 331 g/mol. The molecule has 2 aliphatic rings. The first-order valence-corrected chi connectivity index (χ1v) is 9.04. The summed E-state index contributed by atoms with van der Waals surface area (Å²) in [6.07, 6.45) is 7.62. The van der Waals surface area contributed by atoms with Gasteiger partial charge in [-0.1, -0.05) is 25.3 Å². The lowest BCUT2D eigenvalue weighted by atomic mass is 9.55. The van der Waals surface area contributed by atoms with E-state index in [0.29, 0.717) is 12.1 Å². The zero-order chi connectivity index (χ0) is 17.0. The van der Waals surface area contributed by atoms with E-state index < -0.39 is 0 Å². The van der Waals surface area contributed by atoms with Crippen molar-refractivity contribution in [2.24, 2.45) is 16.1 Å². The number of rotatable bonds is 5. The van der Waals surface area contributed by atoms with Gasteiger partial charge in [-0.15, -0.1) is 0 Å². The number of nitrogens with two attached hydrogens (primary N) is 1. The van der Waals surface area contributed by atoms with Gasteiger partial charge in [-0.25, -0.2) is 4.99 Å². The van der Waals surface area contributed by atoms with Gasteiger partial charge in [0.15, 0.2) is 5.96 Å². The van der Waals surface area contributed by atoms with Crippen LogP contribution in [0.1, 0.15) is 45.4 Å². The van der Waals surface area contributed by atoms with E-state index in [1.807, 2.05) is 24.3 Å². The first kappa shape index (κ1) is 17.1. The van der Waals surface area contributed by atoms with Crippen molar-refractivity contribution in [2.45, 2.75) is 57.6 Å². The summed E-state index contributed by atoms with van der Waals surface area (Å²) in [4.78, 5) is 4.80. The second kappa shape index (κ2) is 7.43. The van der Waals surface area contributed by atoms with Crippen LogP contribution in [0.2, 0.25) is 0 Å². The van der Waals surface area contributed by atoms with Crippen LogP contribution in [0, 0.1) is 5.41 Å². The van der Waals surface area contributed by atoms with Gasteiger partial charge in [0.2, 0.25) is 0 Å². The Morgan fingerprint density at radius 2 is 2.12 bits per heavy atom. The number of methoxy groups -OCH3 is 1. The molecule has 0 amide bonds. The van der Waals surface area contributed by atoms with Crippen LogP contribution in [0.15, 0.2) is 29.3 Å². The van der Waals surface area contributed by atoms with E-state index in [1.165, 1.54) is 32.1 Å². The Kier molecular flexibility index (Phi) is 5.29. The van der Waals surface area contributed by atoms with Gasteiger partial charge in [-0.3, -0.25) is 0 Å². The normalized spacial score (nSPS) is 26.0. The van der Waals surface area contributed by atoms with Crippen molar-refractivity contribution in [1.29, 1.82) is 0 Å². The molecule has 2 aliphatic carbocycles. The number of anilines is 1. The third kappa shape index (κ3) is 3.36. The first-order chi connectivity index (χ1) is 11.7. The molecule has 0 bridgehead atoms. The molecule has 0 aliphatic heterocycles. The molecule has 2 fully saturated rings. The maximum atomic E-state index is 6.17. The van der Waals surface area contributed by atoms with Crippen molar-refractivity contribution in [3.8, 4) is 5.75 Å². The fourth-order valence-corrected chi connectivity index (χ4v) is 4.26. The summed E-state index contributed by atoms with van der Waals surface area (Å²) in [5, 5.41) is 3.19. The van der Waals surface area contributed by atoms with Crippen molar-refractivity contribution < 1.29 is 9.47 Å². The Bertz CT molecular complexity index is 582. The second-order valence-corrected chi connectivity index (χ2v) is 6.86. The van der Waals surface area contributed by atoms with Gasteiger partial charge in [0.05, 0.1) is 19.3 Å². The Morgan fingerprint density at radius 1 is 1.33 bits per heavy atom. The minimum absolute atomic E-state index is 0.203. The molecular weight excluding hydrogens is 302 g/mol. The average molecular weight is 331 g/mol. The molecule has 5 nitrogen and oxygen atoms in total. The van der Waals surface area contributed by atoms with E-state index in [2.05, 4.69) is 12.2 Å². The molecule has 132 valence electrons. The summed E-state index contributed by atoms with van der Waals surface area (Å²) in [6, 6.07) is 8.00. The van der Waals surface area contributed by atoms with E-state index in [-0.39, 0.29) is 11.5 Å². The van der Waals surface area contributed by atoms with Crippen molar-refractivity contribution in [3.05, 3.63) is 24.3 Å². The van der Waals surface area contributed by atoms with Gasteiger partial charge < -0.3 is 20.5 Å². The fraction of sp³-hybridized carbons (Fsp3) is 0.632. The third-order valence-electron chi connectivity index (χ3n) is 5.53. The van der Waals surface area contributed by atoms with Crippen molar-refractivity contribution >= 4 is 11.6 Å². The lowest BCUT2D eigenvalue weighted by molar-refractivity contribution is -0.139. The Hall–Kier alpha value is -1.75. The van der Waals surface area contributed by atoms with Crippen LogP contribution < -0.4 is 15.8 Å². The molecule has 24 heavy (non-hydrogen) atoms. The zero-order valence-electron chi connectivity index (χ0n) is 14.8. The Morgan fingerprint density at radius 3 is 2.83 bits per heavy atom. The number of benzene rings is 1. The van der Waals surface area contributed by atoms with Crippen molar-refractivity contribution in [3.63, 3.8) is 0 Å². The molecule has 1 aromatic rings. The van der Waals surface area contributed by atoms with Crippen molar-refractivity contribution in [1.82, 2.24) is 0 Å². The highest BCUT2D eigenvalue weighted by Gasteiger charge is 2.55. The zero-order valence-corrected chi connectivity index (χ0v) is 14.8. The van der Waals surface area contributed by atoms with E-state index in [1.54, 1.807) is 7.11 Å². The minimum atomic E-state index is 0.203. The highest BCUT2D eigenvalue weighted by Crippen LogP contribution is 2.54. The van der Waals surface area contributed by atoms with Crippen LogP contribution in [-0.2, 0) is 4.74 Å². The van der Waals surface area contributed by atoms with Crippen LogP contribution in [0.3, 0.4) is 0 Å². The van der Waals surface area contributed by atoms with Gasteiger partial charge in [-0.2, -0.15) is 0 Å². The average Bonchev–Trinajstić information content (AvgIpc) is 2.61. The van der Waals surface area contributed by atoms with E-state index in [4.69, 9.17) is 20.2 Å². The number of ether oxygens (including phenoxy) is 2. The molecule has 2 atom stereocenters. The summed E-state index contributed by atoms with van der Waals surface area (Å²) in [6.45, 7) is 2.85. The predicted molar refractivity (Wildman–Crippen MR) is 97.6 cm³/mol. The lowest BCUT2D eigenvalue weighted by Gasteiger charge is -2.55. The fourth-order valence-electron chi connectivity index (χ4n) is 4.26. The number of guanidine groups is 1. The summed E-state index contributed by atoms with van der Waals surface area (Å²) in [7, 11) is 1.66. The topological polar surface area (TPSA) is 68.9 Å². The molecule has 3 N–H and O–H groups in total. The Balaban J connectivity index is 1.69. The van der Waals surface area contributed by atoms with Crippen LogP contribution in [0.4, 0.5) is 5.69 Å². The first-order valence-electron chi connectivity index (χ1n) is 9.04. The summed E-state index contributed by atoms with van der Waals surface area (Å²) in [5.74, 6) is 1.28. The van der Waals surface area contributed by atoms with E-state index in [0.717, 1.165) is 24.5 Å². The molecule has 5 heteroatoms. The molecule has 0 saturated heterocycles. The molecule has 0 radical (unpaired) electrons. The lowest BCUT2D eigenvalue weighted by Crippen LogP contribution is -2.58. The number of aliphatic imine (C=N–C) groups is 1. The summed E-state index contributed by atoms with van der Waals surface area (Å²) < 4.78 is 11.2. The van der Waals surface area contributed by atoms with Crippen LogP contribution in [-0.4, -0.2) is 31.8 Å². The third-order valence-corrected chi connectivity index (χ3v) is 5.53.